The van der Waals surface area contributed by atoms with Crippen molar-refractivity contribution in [1.82, 2.24) is 0 Å². The minimum Gasteiger partial charge on any atom is -0.0985 e. The van der Waals surface area contributed by atoms with Gasteiger partial charge >= 0.3 is 0 Å². The van der Waals surface area contributed by atoms with Gasteiger partial charge in [-0.2, -0.15) is 0 Å². The minimum atomic E-state index is -0.0384. The van der Waals surface area contributed by atoms with Crippen LogP contribution in [0.4, 0.5) is 0 Å². The van der Waals surface area contributed by atoms with Crippen LogP contribution in [0, 0.1) is 0 Å². The maximum atomic E-state index is 3.96. The molecular weight excluding hydrogens is 565 g/mol. The third-order valence-electron chi connectivity index (χ3n) is 10.5. The fraction of sp³-hybridized carbons (Fsp3) is 0.0638. The normalized spacial score (nSPS) is 13.1. The van der Waals surface area contributed by atoms with Crippen LogP contribution in [-0.4, -0.2) is 0 Å². The second kappa shape index (κ2) is 10.4. The van der Waals surface area contributed by atoms with Gasteiger partial charge in [-0.1, -0.05) is 172 Å². The molecule has 0 heterocycles. The van der Waals surface area contributed by atoms with Crippen molar-refractivity contribution in [3.63, 3.8) is 0 Å². The molecule has 0 nitrogen and oxygen atoms in total. The molecule has 0 radical (unpaired) electrons. The van der Waals surface area contributed by atoms with E-state index < -0.39 is 0 Å². The number of benzene rings is 8. The van der Waals surface area contributed by atoms with E-state index in [2.05, 4.69) is 172 Å². The lowest BCUT2D eigenvalue weighted by Gasteiger charge is -2.22. The Labute approximate surface area is 276 Å². The summed E-state index contributed by atoms with van der Waals surface area (Å²) < 4.78 is 0. The van der Waals surface area contributed by atoms with Crippen molar-refractivity contribution in [1.29, 1.82) is 0 Å². The SMILES string of the molecule is C=Cc1ccc(-c2c3ccccc3c(-c3ccc(-c4ccc5c(c4)C(C)(C)c4ccccc4-5)c4ccccc34)c3ccccc23)cc1. The van der Waals surface area contributed by atoms with Crippen LogP contribution in [-0.2, 0) is 5.41 Å². The van der Waals surface area contributed by atoms with E-state index in [1.165, 1.54) is 88.0 Å². The second-order valence-corrected chi connectivity index (χ2v) is 13.3. The van der Waals surface area contributed by atoms with Gasteiger partial charge < -0.3 is 0 Å². The van der Waals surface area contributed by atoms with Gasteiger partial charge in [-0.15, -0.1) is 0 Å². The average Bonchev–Trinajstić information content (AvgIpc) is 3.36. The van der Waals surface area contributed by atoms with Crippen LogP contribution in [0.15, 0.2) is 158 Å². The van der Waals surface area contributed by atoms with Gasteiger partial charge in [0, 0.05) is 5.41 Å². The van der Waals surface area contributed by atoms with E-state index in [-0.39, 0.29) is 5.41 Å². The van der Waals surface area contributed by atoms with E-state index >= 15 is 0 Å². The summed E-state index contributed by atoms with van der Waals surface area (Å²) >= 11 is 0. The Bertz CT molecular complexity index is 2490. The van der Waals surface area contributed by atoms with Gasteiger partial charge in [-0.05, 0) is 99.6 Å². The fourth-order valence-electron chi connectivity index (χ4n) is 8.16. The van der Waals surface area contributed by atoms with Gasteiger partial charge in [0.2, 0.25) is 0 Å². The molecule has 0 amide bonds. The first-order valence-corrected chi connectivity index (χ1v) is 16.5. The van der Waals surface area contributed by atoms with E-state index in [0.717, 1.165) is 5.56 Å². The zero-order valence-electron chi connectivity index (χ0n) is 26.7. The Hall–Kier alpha value is -5.72. The zero-order chi connectivity index (χ0) is 31.7. The van der Waals surface area contributed by atoms with E-state index in [4.69, 9.17) is 0 Å². The maximum absolute atomic E-state index is 3.96. The molecule has 1 aliphatic rings. The largest absolute Gasteiger partial charge is 0.0985 e. The number of hydrogen-bond acceptors (Lipinski definition) is 0. The summed E-state index contributed by atoms with van der Waals surface area (Å²) in [6, 6.07) is 56.2. The standard InChI is InChI=1S/C47H34/c1-4-30-21-23-31(24-22-30)45-38-16-7-9-18-40(38)46(41-19-10-8-17-39(41)45)42-28-27-33(34-13-5-6-14-35(34)42)32-25-26-37-36-15-11-12-20-43(36)47(2,3)44(37)29-32/h4-29H,1H2,2-3H3. The molecule has 0 fully saturated rings. The summed E-state index contributed by atoms with van der Waals surface area (Å²) in [7, 11) is 0. The van der Waals surface area contributed by atoms with Crippen LogP contribution >= 0.6 is 0 Å². The van der Waals surface area contributed by atoms with Crippen molar-refractivity contribution in [3.05, 3.63) is 175 Å². The average molecular weight is 599 g/mol. The lowest BCUT2D eigenvalue weighted by atomic mass is 9.81. The molecule has 8 aromatic carbocycles. The van der Waals surface area contributed by atoms with Crippen LogP contribution < -0.4 is 0 Å². The molecule has 1 aliphatic carbocycles. The molecule has 222 valence electrons. The predicted octanol–water partition coefficient (Wildman–Crippen LogP) is 13.1. The zero-order valence-corrected chi connectivity index (χ0v) is 26.7. The highest BCUT2D eigenvalue weighted by Gasteiger charge is 2.35. The van der Waals surface area contributed by atoms with E-state index in [1.54, 1.807) is 0 Å². The van der Waals surface area contributed by atoms with Crippen LogP contribution in [0.2, 0.25) is 0 Å². The molecule has 47 heavy (non-hydrogen) atoms. The Kier molecular flexibility index (Phi) is 6.11. The molecule has 0 aliphatic heterocycles. The third kappa shape index (κ3) is 4.08. The summed E-state index contributed by atoms with van der Waals surface area (Å²) in [5.74, 6) is 0. The van der Waals surface area contributed by atoms with Crippen molar-refractivity contribution in [2.24, 2.45) is 0 Å². The predicted molar refractivity (Wildman–Crippen MR) is 203 cm³/mol. The molecule has 8 aromatic rings. The van der Waals surface area contributed by atoms with Gasteiger partial charge in [0.15, 0.2) is 0 Å². The molecule has 0 saturated carbocycles. The van der Waals surface area contributed by atoms with E-state index in [1.807, 2.05) is 6.08 Å². The van der Waals surface area contributed by atoms with E-state index in [0.29, 0.717) is 0 Å². The van der Waals surface area contributed by atoms with E-state index in [9.17, 15) is 0 Å². The fourth-order valence-corrected chi connectivity index (χ4v) is 8.16. The second-order valence-electron chi connectivity index (χ2n) is 13.3. The van der Waals surface area contributed by atoms with Crippen LogP contribution in [0.5, 0.6) is 0 Å². The van der Waals surface area contributed by atoms with Crippen molar-refractivity contribution < 1.29 is 0 Å². The Morgan fingerprint density at radius 2 is 0.872 bits per heavy atom. The van der Waals surface area contributed by atoms with Crippen LogP contribution in [0.3, 0.4) is 0 Å². The molecule has 0 N–H and O–H groups in total. The summed E-state index contributed by atoms with van der Waals surface area (Å²) in [6.07, 6.45) is 1.90. The molecule has 0 unspecified atom stereocenters. The number of rotatable bonds is 4. The highest BCUT2D eigenvalue weighted by molar-refractivity contribution is 6.24. The summed E-state index contributed by atoms with van der Waals surface area (Å²) in [6.45, 7) is 8.67. The third-order valence-corrected chi connectivity index (χ3v) is 10.5. The summed E-state index contributed by atoms with van der Waals surface area (Å²) in [5, 5.41) is 7.61. The summed E-state index contributed by atoms with van der Waals surface area (Å²) in [4.78, 5) is 0. The summed E-state index contributed by atoms with van der Waals surface area (Å²) in [5.41, 5.74) is 14.2. The molecule has 0 bridgehead atoms. The lowest BCUT2D eigenvalue weighted by molar-refractivity contribution is 0.660. The topological polar surface area (TPSA) is 0 Å². The monoisotopic (exact) mass is 598 g/mol. The molecule has 0 heteroatoms. The highest BCUT2D eigenvalue weighted by Crippen LogP contribution is 2.51. The molecule has 0 aromatic heterocycles. The molecule has 0 atom stereocenters. The Morgan fingerprint density at radius 1 is 0.404 bits per heavy atom. The maximum Gasteiger partial charge on any atom is 0.0159 e. The van der Waals surface area contributed by atoms with Gasteiger partial charge in [-0.3, -0.25) is 0 Å². The van der Waals surface area contributed by atoms with Crippen molar-refractivity contribution >= 4 is 38.4 Å². The van der Waals surface area contributed by atoms with Crippen LogP contribution in [0.25, 0.3) is 82.9 Å². The van der Waals surface area contributed by atoms with Gasteiger partial charge in [-0.25, -0.2) is 0 Å². The quantitative estimate of drug-likeness (QED) is 0.177. The number of fused-ring (bicyclic) bond motifs is 6. The molecule has 9 rings (SSSR count). The van der Waals surface area contributed by atoms with Crippen LogP contribution in [0.1, 0.15) is 30.5 Å². The van der Waals surface area contributed by atoms with Crippen molar-refractivity contribution in [2.75, 3.05) is 0 Å². The first-order chi connectivity index (χ1) is 23.0. The first-order valence-electron chi connectivity index (χ1n) is 16.5. The minimum absolute atomic E-state index is 0.0384. The van der Waals surface area contributed by atoms with Gasteiger partial charge in [0.1, 0.15) is 0 Å². The molecule has 0 saturated heterocycles. The lowest BCUT2D eigenvalue weighted by Crippen LogP contribution is -2.14. The highest BCUT2D eigenvalue weighted by atomic mass is 14.4. The van der Waals surface area contributed by atoms with Gasteiger partial charge in [0.05, 0.1) is 0 Å². The molecule has 0 spiro atoms. The first kappa shape index (κ1) is 27.6. The molecular formula is C47H34. The van der Waals surface area contributed by atoms with Gasteiger partial charge in [0.25, 0.3) is 0 Å². The van der Waals surface area contributed by atoms with Crippen molar-refractivity contribution in [3.8, 4) is 44.5 Å². The Balaban J connectivity index is 1.29. The smallest absolute Gasteiger partial charge is 0.0159 e. The number of hydrogen-bond donors (Lipinski definition) is 0. The van der Waals surface area contributed by atoms with Crippen molar-refractivity contribution in [2.45, 2.75) is 19.3 Å². The Morgan fingerprint density at radius 3 is 1.51 bits per heavy atom.